The second-order valence-electron chi connectivity index (χ2n) is 28.6. The standard InChI is InChI=1S/C81H107FN16O19S2/c1-55(2)72(88-69(99)25-32-108-34-29-96-70(100)23-24-71(96)101)77(103)86-65(16-9-26-84-79(83)106)76(102)85-60-21-20-58(59(50-60)53-116-54-61-51-95(94-91-61)28-33-109-37-38-111-41-42-113-45-46-115-48-47-114-44-43-112-40-39-110-36-35-107-6)52-98(4,5)30-11-13-57-19-22-66(63(82)49-57)117-31-12-18-68-73(78(104)105)89-81(119-68)97-27-10-14-62-56(3)74(92-93-75(62)97)90-80-87-64-15-7-8-17-67(64)118-80/h7-8,15,17,19-24,49-51,55,65,72H,9-10,12,14,16,18,25-48,52-54H2,1-6H3,(H7-,83,84,85,86,87,88,90,92,99,102,103,104,105,106)/p+1/t65-,72-/m1/s1. The number of aromatic carboxylic acids is 1. The van der Waals surface area contributed by atoms with Crippen molar-refractivity contribution in [2.45, 2.75) is 104 Å². The van der Waals surface area contributed by atoms with Gasteiger partial charge < -0.3 is 98.9 Å². The number of ether oxygens (including phenoxy) is 11. The number of anilines is 5. The molecule has 38 heteroatoms. The summed E-state index contributed by atoms with van der Waals surface area (Å²) < 4.78 is 80.3. The Bertz CT molecular complexity index is 4500. The first-order valence-electron chi connectivity index (χ1n) is 39.5. The van der Waals surface area contributed by atoms with Crippen LogP contribution >= 0.6 is 22.7 Å². The number of nitrogens with two attached hydrogens (primary N) is 1. The third-order valence-corrected chi connectivity index (χ3v) is 20.6. The zero-order valence-corrected chi connectivity index (χ0v) is 69.7. The molecular formula is C81H108FN16O19S2+. The van der Waals surface area contributed by atoms with Crippen molar-refractivity contribution >= 4 is 102 Å². The molecule has 35 nitrogen and oxygen atoms in total. The van der Waals surface area contributed by atoms with Crippen LogP contribution in [0.3, 0.4) is 0 Å². The molecule has 0 unspecified atom stereocenters. The molecule has 2 atom stereocenters. The molecule has 644 valence electrons. The second kappa shape index (κ2) is 49.4. The Balaban J connectivity index is 0.767. The molecule has 9 rings (SSSR count). The summed E-state index contributed by atoms with van der Waals surface area (Å²) in [6.07, 6.45) is 6.47. The highest BCUT2D eigenvalue weighted by molar-refractivity contribution is 7.22. The van der Waals surface area contributed by atoms with E-state index in [1.54, 1.807) is 50.0 Å². The number of imide groups is 1. The summed E-state index contributed by atoms with van der Waals surface area (Å²) in [5, 5.41) is 43.5. The molecule has 0 fully saturated rings. The minimum atomic E-state index is -1.16. The SMILES string of the molecule is COCCOCCOCCOCCOCCOCCOCCOCCn1cc(COCc2cc(NC(=O)[C@@H](CCCNC(N)=O)NC(=O)[C@H](NC(=O)CCOCCN3C(=O)C=CC3=O)C(C)C)ccc2C[N+](C)(C)CC#Cc2ccc(OCCCc3sc(N4CCCc5c4nnc(Nc4nc6ccccc6s4)c5C)nc3C(=O)O)c(F)c2)nn1. The average molecular weight is 1690 g/mol. The number of halogens is 1. The number of hydrogen-bond donors (Lipinski definition) is 7. The summed E-state index contributed by atoms with van der Waals surface area (Å²) in [6, 6.07) is 14.7. The number of aromatic nitrogens is 7. The number of methoxy groups -OCH3 is 1. The third kappa shape index (κ3) is 31.2. The Hall–Kier alpha value is -10.1. The van der Waals surface area contributed by atoms with E-state index >= 15 is 4.39 Å². The van der Waals surface area contributed by atoms with Crippen molar-refractivity contribution in [2.75, 3.05) is 182 Å². The number of para-hydroxylation sites is 1. The van der Waals surface area contributed by atoms with Gasteiger partial charge in [0.1, 0.15) is 30.9 Å². The minimum Gasteiger partial charge on any atom is -0.491 e. The molecule has 7 amide bonds. The van der Waals surface area contributed by atoms with E-state index in [4.69, 9.17) is 62.8 Å². The summed E-state index contributed by atoms with van der Waals surface area (Å²) in [6.45, 7) is 14.1. The van der Waals surface area contributed by atoms with Crippen LogP contribution in [0.1, 0.15) is 94.8 Å². The first-order valence-corrected chi connectivity index (χ1v) is 41.1. The molecule has 0 aliphatic carbocycles. The number of thiazole rings is 2. The minimum absolute atomic E-state index is 0.0000790. The maximum Gasteiger partial charge on any atom is 0.355 e. The molecule has 0 radical (unpaired) electrons. The number of aryl methyl sites for hydroxylation is 1. The van der Waals surface area contributed by atoms with E-state index in [1.807, 2.05) is 56.3 Å². The first kappa shape index (κ1) is 92.8. The van der Waals surface area contributed by atoms with Gasteiger partial charge in [0.25, 0.3) is 11.8 Å². The average Bonchev–Trinajstić information content (AvgIpc) is 1.73. The van der Waals surface area contributed by atoms with Gasteiger partial charge in [-0.25, -0.2) is 28.6 Å². The van der Waals surface area contributed by atoms with E-state index in [1.165, 1.54) is 47.0 Å². The van der Waals surface area contributed by atoms with Gasteiger partial charge in [-0.05, 0) is 105 Å². The van der Waals surface area contributed by atoms with Gasteiger partial charge in [0.15, 0.2) is 39.2 Å². The van der Waals surface area contributed by atoms with E-state index in [-0.39, 0.29) is 76.8 Å². The summed E-state index contributed by atoms with van der Waals surface area (Å²) >= 11 is 2.80. The smallest absolute Gasteiger partial charge is 0.355 e. The van der Waals surface area contributed by atoms with Gasteiger partial charge in [-0.15, -0.1) is 26.6 Å². The number of amides is 7. The molecule has 8 N–H and O–H groups in total. The van der Waals surface area contributed by atoms with Crippen molar-refractivity contribution in [1.82, 2.24) is 56.0 Å². The van der Waals surface area contributed by atoms with Crippen molar-refractivity contribution in [3.05, 3.63) is 129 Å². The molecule has 119 heavy (non-hydrogen) atoms. The number of hydrogen-bond acceptors (Lipinski definition) is 28. The number of primary amides is 1. The number of benzene rings is 3. The first-order chi connectivity index (χ1) is 57.6. The highest BCUT2D eigenvalue weighted by Gasteiger charge is 2.32. The topological polar surface area (TPSA) is 416 Å². The Labute approximate surface area is 698 Å². The lowest BCUT2D eigenvalue weighted by atomic mass is 10.0. The van der Waals surface area contributed by atoms with Crippen LogP contribution in [-0.2, 0) is 110 Å². The lowest BCUT2D eigenvalue weighted by Crippen LogP contribution is -2.54. The quantitative estimate of drug-likeness (QED) is 0.00916. The lowest BCUT2D eigenvalue weighted by Gasteiger charge is -2.29. The van der Waals surface area contributed by atoms with Crippen molar-refractivity contribution in [3.63, 3.8) is 0 Å². The molecule has 0 bridgehead atoms. The van der Waals surface area contributed by atoms with Crippen molar-refractivity contribution in [1.29, 1.82) is 0 Å². The maximum absolute atomic E-state index is 15.8. The largest absolute Gasteiger partial charge is 0.491 e. The molecule has 6 heterocycles. The molecule has 0 spiro atoms. The molecule has 4 aromatic heterocycles. The van der Waals surface area contributed by atoms with Crippen LogP contribution in [0.4, 0.5) is 36.8 Å². The zero-order valence-electron chi connectivity index (χ0n) is 68.1. The molecule has 2 aliphatic rings. The van der Waals surface area contributed by atoms with Crippen LogP contribution in [0.25, 0.3) is 10.2 Å². The molecule has 0 saturated carbocycles. The molecular weight excluding hydrogens is 1580 g/mol. The number of carboxylic acid groups (broad SMARTS) is 1. The number of fused-ring (bicyclic) bond motifs is 2. The Morgan fingerprint density at radius 1 is 0.723 bits per heavy atom. The molecule has 7 aromatic rings. The van der Waals surface area contributed by atoms with E-state index < -0.39 is 65.4 Å². The number of urea groups is 1. The van der Waals surface area contributed by atoms with E-state index in [0.29, 0.717) is 192 Å². The summed E-state index contributed by atoms with van der Waals surface area (Å²) in [4.78, 5) is 102. The number of carbonyl (C=O) groups is 7. The van der Waals surface area contributed by atoms with Crippen LogP contribution < -0.4 is 42.0 Å². The van der Waals surface area contributed by atoms with Crippen molar-refractivity contribution in [3.8, 4) is 17.6 Å². The fourth-order valence-electron chi connectivity index (χ4n) is 12.3. The van der Waals surface area contributed by atoms with E-state index in [9.17, 15) is 38.7 Å². The van der Waals surface area contributed by atoms with Gasteiger partial charge in [-0.2, -0.15) is 0 Å². The second-order valence-corrected chi connectivity index (χ2v) is 30.7. The third-order valence-electron chi connectivity index (χ3n) is 18.5. The number of carbonyl (C=O) groups excluding carboxylic acids is 6. The van der Waals surface area contributed by atoms with Gasteiger partial charge >= 0.3 is 12.0 Å². The van der Waals surface area contributed by atoms with Crippen molar-refractivity contribution < 1.29 is 99.6 Å². The number of nitrogens with zero attached hydrogens (tertiary/aromatic N) is 10. The highest BCUT2D eigenvalue weighted by atomic mass is 32.1. The number of rotatable bonds is 56. The Morgan fingerprint density at radius 3 is 2.06 bits per heavy atom. The monoisotopic (exact) mass is 1690 g/mol. The van der Waals surface area contributed by atoms with Gasteiger partial charge in [0, 0.05) is 71.6 Å². The Morgan fingerprint density at radius 2 is 1.39 bits per heavy atom. The highest BCUT2D eigenvalue weighted by Crippen LogP contribution is 2.39. The van der Waals surface area contributed by atoms with Gasteiger partial charge in [0.2, 0.25) is 17.7 Å². The summed E-state index contributed by atoms with van der Waals surface area (Å²) in [5.74, 6) is 2.70. The van der Waals surface area contributed by atoms with Crippen molar-refractivity contribution in [2.24, 2.45) is 11.7 Å². The van der Waals surface area contributed by atoms with Crippen LogP contribution in [0.2, 0.25) is 0 Å². The fourth-order valence-corrected chi connectivity index (χ4v) is 14.3. The zero-order chi connectivity index (χ0) is 84.7. The van der Waals surface area contributed by atoms with E-state index in [2.05, 4.69) is 63.9 Å². The number of quaternary nitrogens is 1. The summed E-state index contributed by atoms with van der Waals surface area (Å²) in [7, 11) is 5.60. The fraction of sp³-hybridized carbons (Fsp3) is 0.519. The predicted octanol–water partition coefficient (Wildman–Crippen LogP) is 6.57. The lowest BCUT2D eigenvalue weighted by molar-refractivity contribution is -0.896. The summed E-state index contributed by atoms with van der Waals surface area (Å²) in [5.41, 5.74) is 10.9. The number of carboxylic acids is 1. The van der Waals surface area contributed by atoms with Crippen LogP contribution in [-0.4, -0.2) is 270 Å². The Kier molecular flexibility index (Phi) is 38.5. The van der Waals surface area contributed by atoms with Crippen LogP contribution in [0, 0.1) is 30.5 Å². The molecule has 0 saturated heterocycles. The maximum atomic E-state index is 15.8. The van der Waals surface area contributed by atoms with Gasteiger partial charge in [-0.1, -0.05) is 54.5 Å². The van der Waals surface area contributed by atoms with Crippen LogP contribution in [0.5, 0.6) is 5.75 Å². The van der Waals surface area contributed by atoms with E-state index in [0.717, 1.165) is 44.6 Å². The predicted molar refractivity (Wildman–Crippen MR) is 440 cm³/mol. The molecule has 2 aliphatic heterocycles. The molecule has 3 aromatic carbocycles. The number of nitrogens with one attached hydrogen (secondary N) is 5. The normalized spacial score (nSPS) is 13.2. The van der Waals surface area contributed by atoms with Gasteiger partial charge in [0.05, 0.1) is 176 Å². The van der Waals surface area contributed by atoms with Gasteiger partial charge in [-0.3, -0.25) is 28.9 Å². The van der Waals surface area contributed by atoms with Crippen LogP contribution in [0.15, 0.2) is 79.0 Å².